The minimum Gasteiger partial charge on any atom is -0.354 e. The molecule has 0 saturated heterocycles. The second kappa shape index (κ2) is 6.83. The molecule has 1 heterocycles. The Balaban J connectivity index is 2.61. The fraction of sp³-hybridized carbons (Fsp3) is 0.583. The van der Waals surface area contributed by atoms with Gasteiger partial charge >= 0.3 is 0 Å². The van der Waals surface area contributed by atoms with Crippen molar-refractivity contribution < 1.29 is 4.79 Å². The molecule has 0 radical (unpaired) electrons. The Hall–Kier alpha value is -1.65. The number of hydrogen-bond donors (Lipinski definition) is 2. The van der Waals surface area contributed by atoms with E-state index in [0.29, 0.717) is 11.6 Å². The highest BCUT2D eigenvalue weighted by Crippen LogP contribution is 2.01. The summed E-state index contributed by atoms with van der Waals surface area (Å²) in [6.45, 7) is 6.78. The third-order valence-corrected chi connectivity index (χ3v) is 2.12. The van der Waals surface area contributed by atoms with E-state index in [0.717, 1.165) is 19.4 Å². The predicted octanol–water partition coefficient (Wildman–Crippen LogP) is 1.83. The molecule has 5 nitrogen and oxygen atoms in total. The van der Waals surface area contributed by atoms with Crippen molar-refractivity contribution in [3.8, 4) is 0 Å². The first-order valence-corrected chi connectivity index (χ1v) is 6.01. The molecule has 0 aliphatic carbocycles. The van der Waals surface area contributed by atoms with E-state index >= 15 is 0 Å². The Morgan fingerprint density at radius 1 is 1.47 bits per heavy atom. The van der Waals surface area contributed by atoms with Crippen molar-refractivity contribution in [2.45, 2.75) is 39.7 Å². The second-order valence-corrected chi connectivity index (χ2v) is 4.17. The summed E-state index contributed by atoms with van der Waals surface area (Å²) in [5, 5.41) is 5.89. The molecule has 1 amide bonds. The summed E-state index contributed by atoms with van der Waals surface area (Å²) < 4.78 is 0. The zero-order chi connectivity index (χ0) is 12.7. The number of carbonyl (C=O) groups excluding carboxylic acids is 1. The largest absolute Gasteiger partial charge is 0.354 e. The van der Waals surface area contributed by atoms with Crippen LogP contribution in [-0.2, 0) is 0 Å². The van der Waals surface area contributed by atoms with E-state index < -0.39 is 0 Å². The molecule has 5 heteroatoms. The number of unbranched alkanes of at least 4 members (excludes halogenated alkanes) is 1. The minimum absolute atomic E-state index is 0.106. The Morgan fingerprint density at radius 3 is 2.88 bits per heavy atom. The molecule has 1 aromatic rings. The number of rotatable bonds is 6. The first-order chi connectivity index (χ1) is 8.13. The molecule has 0 fully saturated rings. The van der Waals surface area contributed by atoms with E-state index in [2.05, 4.69) is 27.5 Å². The highest BCUT2D eigenvalue weighted by molar-refractivity contribution is 5.92. The van der Waals surface area contributed by atoms with Crippen LogP contribution in [0.5, 0.6) is 0 Å². The molecule has 94 valence electrons. The fourth-order valence-corrected chi connectivity index (χ4v) is 1.28. The number of amides is 1. The van der Waals surface area contributed by atoms with E-state index in [-0.39, 0.29) is 11.9 Å². The van der Waals surface area contributed by atoms with Gasteiger partial charge in [-0.05, 0) is 26.3 Å². The number of aromatic nitrogens is 2. The predicted molar refractivity (Wildman–Crippen MR) is 68.0 cm³/mol. The molecule has 0 atom stereocenters. The van der Waals surface area contributed by atoms with Crippen molar-refractivity contribution >= 4 is 11.9 Å². The van der Waals surface area contributed by atoms with Crippen LogP contribution in [0.25, 0.3) is 0 Å². The molecule has 17 heavy (non-hydrogen) atoms. The molecule has 0 aliphatic heterocycles. The number of hydrogen-bond acceptors (Lipinski definition) is 4. The summed E-state index contributed by atoms with van der Waals surface area (Å²) in [5.74, 6) is 0.343. The van der Waals surface area contributed by atoms with Crippen LogP contribution < -0.4 is 10.6 Å². The van der Waals surface area contributed by atoms with Crippen molar-refractivity contribution in [2.24, 2.45) is 0 Å². The van der Waals surface area contributed by atoms with Crippen LogP contribution in [-0.4, -0.2) is 28.5 Å². The molecule has 1 aromatic heterocycles. The van der Waals surface area contributed by atoms with Gasteiger partial charge in [-0.15, -0.1) is 0 Å². The van der Waals surface area contributed by atoms with Gasteiger partial charge in [-0.1, -0.05) is 13.3 Å². The Morgan fingerprint density at radius 2 is 2.24 bits per heavy atom. The first-order valence-electron chi connectivity index (χ1n) is 6.01. The van der Waals surface area contributed by atoms with Crippen LogP contribution in [0.15, 0.2) is 12.3 Å². The van der Waals surface area contributed by atoms with Gasteiger partial charge in [-0.25, -0.2) is 9.97 Å². The van der Waals surface area contributed by atoms with Gasteiger partial charge in [0.2, 0.25) is 5.95 Å². The molecule has 0 saturated carbocycles. The molecule has 1 rings (SSSR count). The molecule has 0 aromatic carbocycles. The van der Waals surface area contributed by atoms with E-state index in [1.54, 1.807) is 12.3 Å². The molecule has 0 bridgehead atoms. The van der Waals surface area contributed by atoms with Gasteiger partial charge in [0.05, 0.1) is 0 Å². The third-order valence-electron chi connectivity index (χ3n) is 2.12. The van der Waals surface area contributed by atoms with E-state index in [1.807, 2.05) is 13.8 Å². The summed E-state index contributed by atoms with van der Waals surface area (Å²) in [6.07, 6.45) is 3.77. The molecule has 0 aliphatic rings. The number of carbonyl (C=O) groups is 1. The maximum atomic E-state index is 11.7. The summed E-state index contributed by atoms with van der Waals surface area (Å²) in [7, 11) is 0. The van der Waals surface area contributed by atoms with Crippen LogP contribution in [0.4, 0.5) is 5.95 Å². The van der Waals surface area contributed by atoms with E-state index in [9.17, 15) is 4.79 Å². The van der Waals surface area contributed by atoms with Crippen molar-refractivity contribution in [2.75, 3.05) is 11.9 Å². The monoisotopic (exact) mass is 236 g/mol. The smallest absolute Gasteiger partial charge is 0.270 e. The Bertz CT molecular complexity index is 365. The number of anilines is 1. The molecular weight excluding hydrogens is 216 g/mol. The lowest BCUT2D eigenvalue weighted by Gasteiger charge is -2.08. The van der Waals surface area contributed by atoms with Gasteiger partial charge in [0.1, 0.15) is 5.69 Å². The van der Waals surface area contributed by atoms with Gasteiger partial charge in [-0.2, -0.15) is 0 Å². The van der Waals surface area contributed by atoms with Crippen LogP contribution >= 0.6 is 0 Å². The average Bonchev–Trinajstić information content (AvgIpc) is 2.29. The first kappa shape index (κ1) is 13.4. The molecule has 2 N–H and O–H groups in total. The van der Waals surface area contributed by atoms with E-state index in [1.165, 1.54) is 0 Å². The van der Waals surface area contributed by atoms with Crippen LogP contribution in [0.1, 0.15) is 44.1 Å². The lowest BCUT2D eigenvalue weighted by Crippen LogP contribution is -2.31. The molecular formula is C12H20N4O. The summed E-state index contributed by atoms with van der Waals surface area (Å²) in [6, 6.07) is 1.72. The zero-order valence-electron chi connectivity index (χ0n) is 10.7. The minimum atomic E-state index is -0.166. The molecule has 0 spiro atoms. The highest BCUT2D eigenvalue weighted by atomic mass is 16.1. The maximum absolute atomic E-state index is 11.7. The van der Waals surface area contributed by atoms with Crippen LogP contribution in [0, 0.1) is 0 Å². The van der Waals surface area contributed by atoms with Gasteiger partial charge < -0.3 is 10.6 Å². The number of nitrogens with zero attached hydrogens (tertiary/aromatic N) is 2. The van der Waals surface area contributed by atoms with Crippen LogP contribution in [0.3, 0.4) is 0 Å². The van der Waals surface area contributed by atoms with Crippen LogP contribution in [0.2, 0.25) is 0 Å². The van der Waals surface area contributed by atoms with Crippen molar-refractivity contribution in [1.29, 1.82) is 0 Å². The maximum Gasteiger partial charge on any atom is 0.270 e. The Kier molecular flexibility index (Phi) is 5.39. The SMILES string of the molecule is CCCCNc1nccc(C(=O)NC(C)C)n1. The van der Waals surface area contributed by atoms with Gasteiger partial charge in [-0.3, -0.25) is 4.79 Å². The quantitative estimate of drug-likeness (QED) is 0.739. The standard InChI is InChI=1S/C12H20N4O/c1-4-5-7-13-12-14-8-6-10(16-12)11(17)15-9(2)3/h6,8-9H,4-5,7H2,1-3H3,(H,15,17)(H,13,14,16). The lowest BCUT2D eigenvalue weighted by atomic mass is 10.3. The van der Waals surface area contributed by atoms with Gasteiger partial charge in [0.25, 0.3) is 5.91 Å². The highest BCUT2D eigenvalue weighted by Gasteiger charge is 2.09. The normalized spacial score (nSPS) is 10.4. The van der Waals surface area contributed by atoms with Gasteiger partial charge in [0, 0.05) is 18.8 Å². The summed E-state index contributed by atoms with van der Waals surface area (Å²) in [5.41, 5.74) is 0.396. The third kappa shape index (κ3) is 4.80. The summed E-state index contributed by atoms with van der Waals surface area (Å²) in [4.78, 5) is 19.9. The van der Waals surface area contributed by atoms with Gasteiger partial charge in [0.15, 0.2) is 0 Å². The Labute approximate surface area is 102 Å². The summed E-state index contributed by atoms with van der Waals surface area (Å²) >= 11 is 0. The lowest BCUT2D eigenvalue weighted by molar-refractivity contribution is 0.0938. The van der Waals surface area contributed by atoms with E-state index in [4.69, 9.17) is 0 Å². The number of nitrogens with one attached hydrogen (secondary N) is 2. The second-order valence-electron chi connectivity index (χ2n) is 4.17. The van der Waals surface area contributed by atoms with Crippen molar-refractivity contribution in [3.05, 3.63) is 18.0 Å². The van der Waals surface area contributed by atoms with Crippen molar-refractivity contribution in [1.82, 2.24) is 15.3 Å². The topological polar surface area (TPSA) is 66.9 Å². The van der Waals surface area contributed by atoms with Crippen molar-refractivity contribution in [3.63, 3.8) is 0 Å². The average molecular weight is 236 g/mol. The zero-order valence-corrected chi connectivity index (χ0v) is 10.7. The molecule has 0 unspecified atom stereocenters. The fourth-order valence-electron chi connectivity index (χ4n) is 1.28.